The van der Waals surface area contributed by atoms with Crippen molar-refractivity contribution in [1.29, 1.82) is 0 Å². The van der Waals surface area contributed by atoms with Gasteiger partial charge in [0.1, 0.15) is 11.2 Å². The zero-order valence-electron chi connectivity index (χ0n) is 37.5. The highest BCUT2D eigenvalue weighted by Gasteiger charge is 2.51. The number of benzene rings is 12. The molecule has 13 aromatic rings. The average molecular weight is 876 g/mol. The number of hydrogen-bond donors (Lipinski definition) is 0. The maximum Gasteiger partial charge on any atom is 0.143 e. The van der Waals surface area contributed by atoms with Crippen molar-refractivity contribution in [2.45, 2.75) is 5.41 Å². The Labute approximate surface area is 399 Å². The first-order valence-corrected chi connectivity index (χ1v) is 23.9. The minimum atomic E-state index is -0.405. The van der Waals surface area contributed by atoms with E-state index in [1.165, 1.54) is 76.8 Å². The second-order valence-electron chi connectivity index (χ2n) is 18.7. The van der Waals surface area contributed by atoms with E-state index in [4.69, 9.17) is 4.42 Å². The van der Waals surface area contributed by atoms with Gasteiger partial charge in [0, 0.05) is 33.4 Å². The van der Waals surface area contributed by atoms with Crippen LogP contribution in [-0.4, -0.2) is 0 Å². The van der Waals surface area contributed by atoms with Crippen LogP contribution >= 0.6 is 0 Å². The highest BCUT2D eigenvalue weighted by molar-refractivity contribution is 6.26. The van der Waals surface area contributed by atoms with Gasteiger partial charge in [-0.15, -0.1) is 0 Å². The smallest absolute Gasteiger partial charge is 0.143 e. The number of anilines is 3. The molecule has 320 valence electrons. The number of furan rings is 1. The molecule has 0 unspecified atom stereocenters. The summed E-state index contributed by atoms with van der Waals surface area (Å²) < 4.78 is 6.48. The highest BCUT2D eigenvalue weighted by atomic mass is 16.3. The normalized spacial score (nSPS) is 13.0. The minimum absolute atomic E-state index is 0.405. The summed E-state index contributed by atoms with van der Waals surface area (Å²) in [5, 5.41) is 9.84. The monoisotopic (exact) mass is 875 g/mol. The van der Waals surface area contributed by atoms with Crippen LogP contribution < -0.4 is 4.90 Å². The number of nitrogens with zero attached hydrogens (tertiary/aromatic N) is 1. The van der Waals surface area contributed by atoms with E-state index in [2.05, 4.69) is 248 Å². The van der Waals surface area contributed by atoms with Crippen LogP contribution in [0.5, 0.6) is 0 Å². The number of para-hydroxylation sites is 2. The van der Waals surface area contributed by atoms with Crippen LogP contribution in [0.3, 0.4) is 0 Å². The standard InChI is InChI=1S/C67H41NO/c1-2-19-51-49(17-1)50-18-3-4-20-52(50)59-40-46(35-37-53(51)59)68(45-33-31-42(32-34-45)43-15-13-16-44(39-43)48-25-14-26-58-57-24-8-12-30-65(57)69-66(48)58)47-36-38-64-60(41-47)56-23-7-11-29-63(56)67(64)61-27-9-5-21-54(61)55-22-6-10-28-62(55)67/h1-41H. The quantitative estimate of drug-likeness (QED) is 0.160. The molecule has 0 atom stereocenters. The average Bonchev–Trinajstić information content (AvgIpc) is 4.05. The van der Waals surface area contributed by atoms with Crippen molar-refractivity contribution in [3.05, 3.63) is 271 Å². The van der Waals surface area contributed by atoms with Gasteiger partial charge >= 0.3 is 0 Å². The molecular weight excluding hydrogens is 835 g/mol. The number of hydrogen-bond acceptors (Lipinski definition) is 2. The molecule has 0 fully saturated rings. The largest absolute Gasteiger partial charge is 0.455 e. The van der Waals surface area contributed by atoms with Gasteiger partial charge in [0.25, 0.3) is 0 Å². The summed E-state index contributed by atoms with van der Waals surface area (Å²) in [6, 6.07) is 91.8. The van der Waals surface area contributed by atoms with E-state index in [9.17, 15) is 0 Å². The molecule has 12 aromatic carbocycles. The van der Waals surface area contributed by atoms with Crippen molar-refractivity contribution in [3.8, 4) is 44.5 Å². The first-order valence-electron chi connectivity index (χ1n) is 23.9. The van der Waals surface area contributed by atoms with Gasteiger partial charge in [-0.1, -0.05) is 200 Å². The number of rotatable bonds is 5. The van der Waals surface area contributed by atoms with Crippen molar-refractivity contribution >= 4 is 71.3 Å². The molecule has 0 radical (unpaired) electrons. The fourth-order valence-corrected chi connectivity index (χ4v) is 12.4. The topological polar surface area (TPSA) is 16.4 Å². The van der Waals surface area contributed by atoms with Crippen molar-refractivity contribution in [1.82, 2.24) is 0 Å². The van der Waals surface area contributed by atoms with Crippen molar-refractivity contribution < 1.29 is 4.42 Å². The lowest BCUT2D eigenvalue weighted by Gasteiger charge is -2.31. The van der Waals surface area contributed by atoms with Crippen LogP contribution in [0.1, 0.15) is 22.3 Å². The third-order valence-corrected chi connectivity index (χ3v) is 15.3. The first-order chi connectivity index (χ1) is 34.2. The lowest BCUT2D eigenvalue weighted by molar-refractivity contribution is 0.670. The molecule has 0 saturated carbocycles. The summed E-state index contributed by atoms with van der Waals surface area (Å²) in [5.41, 5.74) is 19.8. The Morgan fingerprint density at radius 1 is 0.261 bits per heavy atom. The fraction of sp³-hybridized carbons (Fsp3) is 0.0149. The second kappa shape index (κ2) is 14.5. The zero-order valence-corrected chi connectivity index (χ0v) is 37.5. The van der Waals surface area contributed by atoms with Gasteiger partial charge in [-0.3, -0.25) is 0 Å². The van der Waals surface area contributed by atoms with E-state index in [0.717, 1.165) is 61.3 Å². The molecule has 1 spiro atoms. The Kier molecular flexibility index (Phi) is 8.02. The molecule has 0 N–H and O–H groups in total. The molecule has 69 heavy (non-hydrogen) atoms. The summed E-state index contributed by atoms with van der Waals surface area (Å²) in [6.45, 7) is 0. The van der Waals surface area contributed by atoms with Crippen LogP contribution in [-0.2, 0) is 5.41 Å². The Hall–Kier alpha value is -8.98. The van der Waals surface area contributed by atoms with Crippen LogP contribution in [0.2, 0.25) is 0 Å². The van der Waals surface area contributed by atoms with Gasteiger partial charge in [0.15, 0.2) is 0 Å². The summed E-state index contributed by atoms with van der Waals surface area (Å²) in [5.74, 6) is 0. The zero-order chi connectivity index (χ0) is 45.2. The highest BCUT2D eigenvalue weighted by Crippen LogP contribution is 2.63. The molecule has 15 rings (SSSR count). The summed E-state index contributed by atoms with van der Waals surface area (Å²) in [6.07, 6.45) is 0. The Bertz CT molecular complexity index is 4190. The summed E-state index contributed by atoms with van der Waals surface area (Å²) >= 11 is 0. The molecule has 0 aliphatic heterocycles. The second-order valence-corrected chi connectivity index (χ2v) is 18.7. The Morgan fingerprint density at radius 2 is 0.725 bits per heavy atom. The molecule has 2 nitrogen and oxygen atoms in total. The van der Waals surface area contributed by atoms with Gasteiger partial charge in [-0.05, 0) is 142 Å². The minimum Gasteiger partial charge on any atom is -0.455 e. The lowest BCUT2D eigenvalue weighted by Crippen LogP contribution is -2.25. The third kappa shape index (κ3) is 5.37. The molecule has 0 saturated heterocycles. The van der Waals surface area contributed by atoms with E-state index in [-0.39, 0.29) is 0 Å². The maximum atomic E-state index is 6.48. The Balaban J connectivity index is 0.912. The van der Waals surface area contributed by atoms with E-state index >= 15 is 0 Å². The number of fused-ring (bicyclic) bond motifs is 19. The summed E-state index contributed by atoms with van der Waals surface area (Å²) in [7, 11) is 0. The third-order valence-electron chi connectivity index (χ3n) is 15.3. The molecule has 2 aliphatic rings. The molecule has 2 aliphatic carbocycles. The van der Waals surface area contributed by atoms with E-state index in [1.807, 2.05) is 6.07 Å². The van der Waals surface area contributed by atoms with E-state index in [1.54, 1.807) is 0 Å². The van der Waals surface area contributed by atoms with Gasteiger partial charge in [-0.25, -0.2) is 0 Å². The van der Waals surface area contributed by atoms with Gasteiger partial charge in [-0.2, -0.15) is 0 Å². The summed E-state index contributed by atoms with van der Waals surface area (Å²) in [4.78, 5) is 2.45. The lowest BCUT2D eigenvalue weighted by atomic mass is 9.70. The fourth-order valence-electron chi connectivity index (χ4n) is 12.4. The van der Waals surface area contributed by atoms with E-state index in [0.29, 0.717) is 0 Å². The predicted molar refractivity (Wildman–Crippen MR) is 288 cm³/mol. The predicted octanol–water partition coefficient (Wildman–Crippen LogP) is 18.2. The van der Waals surface area contributed by atoms with Crippen LogP contribution in [0, 0.1) is 0 Å². The molecule has 2 heteroatoms. The maximum absolute atomic E-state index is 6.48. The van der Waals surface area contributed by atoms with Gasteiger partial charge in [0.2, 0.25) is 0 Å². The molecular formula is C67H41NO. The Morgan fingerprint density at radius 3 is 1.41 bits per heavy atom. The van der Waals surface area contributed by atoms with Crippen LogP contribution in [0.4, 0.5) is 17.1 Å². The van der Waals surface area contributed by atoms with Crippen molar-refractivity contribution in [3.63, 3.8) is 0 Å². The SMILES string of the molecule is c1cc(-c2ccc(N(c3ccc4c(c3)-c3ccccc3C43c4ccccc4-c4ccccc43)c3ccc4c5ccccc5c5ccccc5c4c3)cc2)cc(-c2cccc3c2oc2ccccc23)c1. The molecule has 1 aromatic heterocycles. The van der Waals surface area contributed by atoms with Crippen LogP contribution in [0.15, 0.2) is 253 Å². The molecule has 0 amide bonds. The van der Waals surface area contributed by atoms with E-state index < -0.39 is 5.41 Å². The van der Waals surface area contributed by atoms with Crippen molar-refractivity contribution in [2.75, 3.05) is 4.90 Å². The molecule has 1 heterocycles. The first kappa shape index (κ1) is 38.2. The molecule has 0 bridgehead atoms. The van der Waals surface area contributed by atoms with Gasteiger partial charge < -0.3 is 9.32 Å². The van der Waals surface area contributed by atoms with Gasteiger partial charge in [0.05, 0.1) is 5.41 Å². The van der Waals surface area contributed by atoms with Crippen LogP contribution in [0.25, 0.3) is 98.8 Å². The van der Waals surface area contributed by atoms with Crippen molar-refractivity contribution in [2.24, 2.45) is 0 Å².